The summed E-state index contributed by atoms with van der Waals surface area (Å²) in [6, 6.07) is 11.2. The predicted octanol–water partition coefficient (Wildman–Crippen LogP) is 3.24. The molecule has 0 radical (unpaired) electrons. The molecule has 2 atom stereocenters. The van der Waals surface area contributed by atoms with E-state index in [-0.39, 0.29) is 24.0 Å². The van der Waals surface area contributed by atoms with Gasteiger partial charge in [-0.2, -0.15) is 0 Å². The zero-order chi connectivity index (χ0) is 18.6. The van der Waals surface area contributed by atoms with Crippen molar-refractivity contribution >= 4 is 29.9 Å². The summed E-state index contributed by atoms with van der Waals surface area (Å²) in [5, 5.41) is 7.75. The van der Waals surface area contributed by atoms with Crippen molar-refractivity contribution in [2.75, 3.05) is 32.7 Å². The first-order valence-electron chi connectivity index (χ1n) is 9.97. The summed E-state index contributed by atoms with van der Waals surface area (Å²) in [7, 11) is 0. The number of halogens is 1. The molecule has 2 aromatic rings. The second-order valence-electron chi connectivity index (χ2n) is 7.50. The molecule has 4 rings (SSSR count). The highest BCUT2D eigenvalue weighted by Crippen LogP contribution is 2.42. The molecule has 1 aromatic carbocycles. The number of rotatable bonds is 5. The number of hydrogen-bond donors (Lipinski definition) is 1. The average molecular weight is 495 g/mol. The highest BCUT2D eigenvalue weighted by atomic mass is 127. The molecule has 0 amide bonds. The van der Waals surface area contributed by atoms with E-state index in [1.54, 1.807) is 6.26 Å². The lowest BCUT2D eigenvalue weighted by atomic mass is 10.0. The average Bonchev–Trinajstić information content (AvgIpc) is 3.24. The van der Waals surface area contributed by atoms with Crippen molar-refractivity contribution in [2.45, 2.75) is 38.8 Å². The first kappa shape index (κ1) is 21.1. The maximum Gasteiger partial charge on any atom is 0.194 e. The minimum atomic E-state index is 0. The molecule has 1 saturated carbocycles. The van der Waals surface area contributed by atoms with Crippen LogP contribution in [0.3, 0.4) is 0 Å². The molecular formula is C21H30IN5O. The van der Waals surface area contributed by atoms with Crippen molar-refractivity contribution in [3.63, 3.8) is 0 Å². The molecule has 28 heavy (non-hydrogen) atoms. The van der Waals surface area contributed by atoms with E-state index in [4.69, 9.17) is 9.52 Å². The fraction of sp³-hybridized carbons (Fsp3) is 0.524. The fourth-order valence-electron chi connectivity index (χ4n) is 3.92. The number of aromatic nitrogens is 1. The van der Waals surface area contributed by atoms with E-state index in [2.05, 4.69) is 58.4 Å². The Hall–Kier alpha value is -1.61. The lowest BCUT2D eigenvalue weighted by Gasteiger charge is -2.36. The van der Waals surface area contributed by atoms with Crippen LogP contribution in [0.2, 0.25) is 0 Å². The van der Waals surface area contributed by atoms with Gasteiger partial charge in [-0.15, -0.1) is 24.0 Å². The first-order chi connectivity index (χ1) is 13.2. The van der Waals surface area contributed by atoms with Gasteiger partial charge in [0.05, 0.1) is 5.69 Å². The first-order valence-corrected chi connectivity index (χ1v) is 9.97. The topological polar surface area (TPSA) is 56.9 Å². The summed E-state index contributed by atoms with van der Waals surface area (Å²) in [4.78, 5) is 9.59. The van der Waals surface area contributed by atoms with Crippen LogP contribution in [-0.4, -0.2) is 59.7 Å². The van der Waals surface area contributed by atoms with Crippen LogP contribution in [0.15, 0.2) is 46.1 Å². The van der Waals surface area contributed by atoms with Crippen molar-refractivity contribution < 1.29 is 4.52 Å². The molecule has 1 aliphatic carbocycles. The van der Waals surface area contributed by atoms with Crippen molar-refractivity contribution in [1.29, 1.82) is 0 Å². The Morgan fingerprint density at radius 3 is 2.68 bits per heavy atom. The smallest absolute Gasteiger partial charge is 0.194 e. The largest absolute Gasteiger partial charge is 0.364 e. The normalized spacial score (nSPS) is 22.6. The minimum absolute atomic E-state index is 0. The van der Waals surface area contributed by atoms with Crippen LogP contribution in [0.25, 0.3) is 0 Å². The van der Waals surface area contributed by atoms with E-state index in [1.807, 2.05) is 6.07 Å². The minimum Gasteiger partial charge on any atom is -0.364 e. The molecule has 2 heterocycles. The van der Waals surface area contributed by atoms with Gasteiger partial charge in [0.15, 0.2) is 5.96 Å². The van der Waals surface area contributed by atoms with E-state index in [9.17, 15) is 0 Å². The fourth-order valence-corrected chi connectivity index (χ4v) is 3.92. The van der Waals surface area contributed by atoms with E-state index in [0.717, 1.165) is 50.9 Å². The number of hydrogen-bond acceptors (Lipinski definition) is 4. The van der Waals surface area contributed by atoms with Gasteiger partial charge in [-0.05, 0) is 31.4 Å². The van der Waals surface area contributed by atoms with Gasteiger partial charge in [0, 0.05) is 57.3 Å². The van der Waals surface area contributed by atoms with Gasteiger partial charge in [0.2, 0.25) is 0 Å². The molecule has 1 saturated heterocycles. The molecule has 1 aliphatic heterocycles. The maximum atomic E-state index is 4.94. The number of nitrogens with zero attached hydrogens (tertiary/aromatic N) is 4. The van der Waals surface area contributed by atoms with Gasteiger partial charge < -0.3 is 14.7 Å². The Balaban J connectivity index is 0.00000225. The molecule has 2 unspecified atom stereocenters. The molecule has 2 aliphatic rings. The second-order valence-corrected chi connectivity index (χ2v) is 7.50. The van der Waals surface area contributed by atoms with Crippen LogP contribution in [0.5, 0.6) is 0 Å². The molecule has 6 nitrogen and oxygen atoms in total. The Bertz CT molecular complexity index is 771. The van der Waals surface area contributed by atoms with E-state index >= 15 is 0 Å². The Kier molecular flexibility index (Phi) is 7.34. The van der Waals surface area contributed by atoms with Crippen molar-refractivity contribution in [1.82, 2.24) is 20.3 Å². The molecule has 1 aromatic heterocycles. The maximum absolute atomic E-state index is 4.94. The number of guanidine groups is 1. The van der Waals surface area contributed by atoms with Crippen molar-refractivity contribution in [3.8, 4) is 0 Å². The summed E-state index contributed by atoms with van der Waals surface area (Å²) < 4.78 is 4.94. The van der Waals surface area contributed by atoms with E-state index in [1.165, 1.54) is 17.5 Å². The monoisotopic (exact) mass is 495 g/mol. The van der Waals surface area contributed by atoms with Gasteiger partial charge in [0.25, 0.3) is 0 Å². The van der Waals surface area contributed by atoms with Crippen LogP contribution in [0.4, 0.5) is 0 Å². The SMILES string of the molecule is CCN=C(NC1CC1c1ccccc1C)N1CCN(Cc2ccon2)CC1.I. The predicted molar refractivity (Wildman–Crippen MR) is 122 cm³/mol. The summed E-state index contributed by atoms with van der Waals surface area (Å²) >= 11 is 0. The number of aliphatic imine (C=N–C) groups is 1. The van der Waals surface area contributed by atoms with Gasteiger partial charge in [0.1, 0.15) is 6.26 Å². The third kappa shape index (κ3) is 5.05. The van der Waals surface area contributed by atoms with Crippen LogP contribution < -0.4 is 5.32 Å². The lowest BCUT2D eigenvalue weighted by molar-refractivity contribution is 0.169. The third-order valence-electron chi connectivity index (χ3n) is 5.55. The number of nitrogens with one attached hydrogen (secondary N) is 1. The van der Waals surface area contributed by atoms with Gasteiger partial charge >= 0.3 is 0 Å². The van der Waals surface area contributed by atoms with Gasteiger partial charge in [-0.25, -0.2) is 0 Å². The summed E-state index contributed by atoms with van der Waals surface area (Å²) in [6.07, 6.45) is 2.84. The Labute approximate surface area is 184 Å². The quantitative estimate of drug-likeness (QED) is 0.392. The molecule has 7 heteroatoms. The highest BCUT2D eigenvalue weighted by Gasteiger charge is 2.40. The summed E-state index contributed by atoms with van der Waals surface area (Å²) in [5.41, 5.74) is 3.87. The molecule has 0 spiro atoms. The Morgan fingerprint density at radius 1 is 1.21 bits per heavy atom. The molecule has 0 bridgehead atoms. The molecule has 2 fully saturated rings. The van der Waals surface area contributed by atoms with Crippen molar-refractivity contribution in [2.24, 2.45) is 4.99 Å². The molecule has 152 valence electrons. The second kappa shape index (κ2) is 9.73. The van der Waals surface area contributed by atoms with Gasteiger partial charge in [-0.3, -0.25) is 9.89 Å². The lowest BCUT2D eigenvalue weighted by Crippen LogP contribution is -2.52. The van der Waals surface area contributed by atoms with E-state index in [0.29, 0.717) is 12.0 Å². The molecule has 1 N–H and O–H groups in total. The van der Waals surface area contributed by atoms with Crippen LogP contribution in [0, 0.1) is 6.92 Å². The van der Waals surface area contributed by atoms with Crippen LogP contribution in [-0.2, 0) is 6.54 Å². The zero-order valence-corrected chi connectivity index (χ0v) is 19.0. The molecular weight excluding hydrogens is 465 g/mol. The summed E-state index contributed by atoms with van der Waals surface area (Å²) in [5.74, 6) is 1.68. The van der Waals surface area contributed by atoms with Crippen LogP contribution in [0.1, 0.15) is 36.1 Å². The van der Waals surface area contributed by atoms with E-state index < -0.39 is 0 Å². The number of piperazine rings is 1. The Morgan fingerprint density at radius 2 is 2.00 bits per heavy atom. The standard InChI is InChI=1S/C21H29N5O.HI/c1-3-22-21(23-20-14-19(20)18-7-5-4-6-16(18)2)26-11-9-25(10-12-26)15-17-8-13-27-24-17;/h4-8,13,19-20H,3,9-12,14-15H2,1-2H3,(H,22,23);1H. The zero-order valence-electron chi connectivity index (χ0n) is 16.7. The van der Waals surface area contributed by atoms with Crippen molar-refractivity contribution in [3.05, 3.63) is 53.4 Å². The van der Waals surface area contributed by atoms with Crippen LogP contribution >= 0.6 is 24.0 Å². The van der Waals surface area contributed by atoms with Gasteiger partial charge in [-0.1, -0.05) is 29.4 Å². The number of aryl methyl sites for hydroxylation is 1. The summed E-state index contributed by atoms with van der Waals surface area (Å²) in [6.45, 7) is 10.00. The number of benzene rings is 1. The highest BCUT2D eigenvalue weighted by molar-refractivity contribution is 14.0. The third-order valence-corrected chi connectivity index (χ3v) is 5.55.